The van der Waals surface area contributed by atoms with Gasteiger partial charge in [-0.15, -0.1) is 0 Å². The molecule has 0 aliphatic carbocycles. The zero-order valence-corrected chi connectivity index (χ0v) is 37.5. The van der Waals surface area contributed by atoms with Crippen molar-refractivity contribution in [3.8, 4) is 0 Å². The van der Waals surface area contributed by atoms with Gasteiger partial charge in [-0.1, -0.05) is 0 Å². The normalized spacial score (nSPS) is 29.7. The van der Waals surface area contributed by atoms with E-state index in [0.717, 1.165) is 0 Å². The van der Waals surface area contributed by atoms with E-state index in [2.05, 4.69) is 44.9 Å². The van der Waals surface area contributed by atoms with Gasteiger partial charge in [-0.3, -0.25) is 23.0 Å². The van der Waals surface area contributed by atoms with Crippen LogP contribution in [0.2, 0.25) is 0 Å². The lowest BCUT2D eigenvalue weighted by Gasteiger charge is -2.28. The van der Waals surface area contributed by atoms with E-state index >= 15 is 0 Å². The molecule has 13 unspecified atom stereocenters. The van der Waals surface area contributed by atoms with E-state index in [1.165, 1.54) is 54.2 Å². The molecule has 33 heteroatoms. The molecule has 9 heterocycles. The Balaban J connectivity index is 0.919. The molecule has 9 rings (SSSR count). The summed E-state index contributed by atoms with van der Waals surface area (Å²) in [5.41, 5.74) is 19.6. The topological polar surface area (TPSA) is 390 Å². The molecule has 3 aliphatic heterocycles. The van der Waals surface area contributed by atoms with E-state index in [9.17, 15) is 24.8 Å². The summed E-state index contributed by atoms with van der Waals surface area (Å²) in [6, 6.07) is 0. The number of ether oxygens (including phenoxy) is 5. The third kappa shape index (κ3) is 9.06. The van der Waals surface area contributed by atoms with E-state index in [4.69, 9.17) is 82.6 Å². The summed E-state index contributed by atoms with van der Waals surface area (Å²) in [5, 5.41) is 21.9. The fourth-order valence-electron chi connectivity index (χ4n) is 7.94. The number of aliphatic hydroxyl groups is 2. The first kappa shape index (κ1) is 46.5. The van der Waals surface area contributed by atoms with Crippen LogP contribution in [-0.2, 0) is 70.2 Å². The average molecular weight is 998 g/mol. The second kappa shape index (κ2) is 18.8. The Labute approximate surface area is 381 Å². The van der Waals surface area contributed by atoms with Crippen LogP contribution in [0.5, 0.6) is 0 Å². The Morgan fingerprint density at radius 3 is 1.74 bits per heavy atom. The summed E-state index contributed by atoms with van der Waals surface area (Å²) in [6.45, 7) is -9.16. The molecule has 3 aliphatic rings. The summed E-state index contributed by atoms with van der Waals surface area (Å²) in [6.07, 6.45) is -4.36. The minimum absolute atomic E-state index is 0.0485. The number of imidazole rings is 3. The lowest BCUT2D eigenvalue weighted by molar-refractivity contribution is -0.129. The van der Waals surface area contributed by atoms with E-state index < -0.39 is 94.2 Å². The SMILES string of the molecule is COC1C(COP(O)(=S)OC2CC(CCOC=O)OC2n2cnc3c(N)ncnc32)OC(n2cnc3c(N)ncnc32)C1OP(O)(=S)OCC1OC(n2cnc3c(N)ncnc32)C(O)C1O. The van der Waals surface area contributed by atoms with Crippen LogP contribution in [-0.4, -0.2) is 161 Å². The van der Waals surface area contributed by atoms with Gasteiger partial charge in [0.2, 0.25) is 0 Å². The largest absolute Gasteiger partial charge is 0.468 e. The van der Waals surface area contributed by atoms with Crippen molar-refractivity contribution in [1.82, 2.24) is 58.6 Å². The predicted molar refractivity (Wildman–Crippen MR) is 230 cm³/mol. The number of hydrogen-bond donors (Lipinski definition) is 7. The predicted octanol–water partition coefficient (Wildman–Crippen LogP) is -1.13. The number of carbonyl (C=O) groups excluding carboxylic acids is 1. The highest BCUT2D eigenvalue weighted by molar-refractivity contribution is 8.07. The molecule has 6 aromatic rings. The highest BCUT2D eigenvalue weighted by Gasteiger charge is 2.52. The van der Waals surface area contributed by atoms with Crippen LogP contribution in [0.3, 0.4) is 0 Å². The number of aromatic nitrogens is 12. The van der Waals surface area contributed by atoms with Crippen LogP contribution in [0.25, 0.3) is 33.5 Å². The number of aliphatic hydroxyl groups excluding tert-OH is 2. The number of rotatable bonds is 18. The van der Waals surface area contributed by atoms with Crippen LogP contribution >= 0.6 is 13.4 Å². The van der Waals surface area contributed by atoms with Crippen molar-refractivity contribution in [3.63, 3.8) is 0 Å². The van der Waals surface area contributed by atoms with Gasteiger partial charge in [-0.25, -0.2) is 44.9 Å². The maximum Gasteiger partial charge on any atom is 0.325 e. The quantitative estimate of drug-likeness (QED) is 0.0304. The van der Waals surface area contributed by atoms with Crippen molar-refractivity contribution < 1.29 is 66.6 Å². The van der Waals surface area contributed by atoms with Gasteiger partial charge in [0.25, 0.3) is 6.47 Å². The fourth-order valence-corrected chi connectivity index (χ4v) is 10.8. The van der Waals surface area contributed by atoms with Crippen molar-refractivity contribution in [1.29, 1.82) is 0 Å². The first-order chi connectivity index (χ1) is 31.7. The zero-order chi connectivity index (χ0) is 46.5. The summed E-state index contributed by atoms with van der Waals surface area (Å²) in [4.78, 5) is 71.4. The van der Waals surface area contributed by atoms with Crippen LogP contribution in [0.1, 0.15) is 31.5 Å². The molecule has 6 aromatic heterocycles. The number of methoxy groups -OCH3 is 1. The average Bonchev–Trinajstić information content (AvgIpc) is 4.15. The van der Waals surface area contributed by atoms with E-state index in [1.54, 1.807) is 4.57 Å². The smallest absolute Gasteiger partial charge is 0.325 e. The Morgan fingerprint density at radius 1 is 0.697 bits per heavy atom. The molecule has 0 saturated carbocycles. The third-order valence-electron chi connectivity index (χ3n) is 11.0. The number of carbonyl (C=O) groups is 1. The van der Waals surface area contributed by atoms with Gasteiger partial charge in [0.05, 0.1) is 44.9 Å². The van der Waals surface area contributed by atoms with Crippen molar-refractivity contribution in [2.24, 2.45) is 0 Å². The number of nitrogen functional groups attached to an aromatic ring is 3. The molecule has 3 saturated heterocycles. The molecule has 13 atom stereocenters. The Kier molecular flexibility index (Phi) is 13.2. The Hall–Kier alpha value is -4.66. The van der Waals surface area contributed by atoms with Gasteiger partial charge in [0.15, 0.2) is 53.1 Å². The maximum atomic E-state index is 11.6. The lowest BCUT2D eigenvalue weighted by Crippen LogP contribution is -2.37. The molecule has 0 radical (unpaired) electrons. The number of nitrogens with two attached hydrogens (primary N) is 3. The molecule has 354 valence electrons. The van der Waals surface area contributed by atoms with Crippen molar-refractivity contribution in [2.45, 2.75) is 80.4 Å². The van der Waals surface area contributed by atoms with Crippen LogP contribution in [0, 0.1) is 0 Å². The van der Waals surface area contributed by atoms with Crippen LogP contribution in [0.4, 0.5) is 17.5 Å². The highest BCUT2D eigenvalue weighted by atomic mass is 32.5. The Morgan fingerprint density at radius 2 is 1.20 bits per heavy atom. The van der Waals surface area contributed by atoms with Gasteiger partial charge in [0.1, 0.15) is 78.3 Å². The van der Waals surface area contributed by atoms with Gasteiger partial charge in [-0.2, -0.15) is 0 Å². The van der Waals surface area contributed by atoms with Crippen LogP contribution in [0.15, 0.2) is 38.0 Å². The fraction of sp³-hybridized carbons (Fsp3) is 0.515. The van der Waals surface area contributed by atoms with Gasteiger partial charge in [0, 0.05) is 20.0 Å². The second-order valence-corrected chi connectivity index (χ2v) is 20.5. The molecule has 0 amide bonds. The summed E-state index contributed by atoms with van der Waals surface area (Å²) in [7, 11) is 1.34. The molecule has 0 aromatic carbocycles. The van der Waals surface area contributed by atoms with Gasteiger partial charge < -0.3 is 74.5 Å². The summed E-state index contributed by atoms with van der Waals surface area (Å²) in [5.74, 6) is 0.292. The van der Waals surface area contributed by atoms with Crippen molar-refractivity contribution in [3.05, 3.63) is 38.0 Å². The third-order valence-corrected chi connectivity index (χ3v) is 14.1. The molecule has 29 nitrogen and oxygen atoms in total. The minimum atomic E-state index is -4.33. The zero-order valence-electron chi connectivity index (χ0n) is 34.1. The molecule has 0 spiro atoms. The second-order valence-electron chi connectivity index (χ2n) is 14.9. The number of fused-ring (bicyclic) bond motifs is 3. The molecular weight excluding hydrogens is 957 g/mol. The van der Waals surface area contributed by atoms with E-state index in [1.807, 2.05) is 0 Å². The lowest BCUT2D eigenvalue weighted by atomic mass is 10.1. The van der Waals surface area contributed by atoms with Crippen molar-refractivity contribution >= 4 is 94.5 Å². The van der Waals surface area contributed by atoms with Gasteiger partial charge >= 0.3 is 13.4 Å². The molecule has 66 heavy (non-hydrogen) atoms. The van der Waals surface area contributed by atoms with E-state index in [-0.39, 0.29) is 59.2 Å². The number of nitrogens with zero attached hydrogens (tertiary/aromatic N) is 12. The highest BCUT2D eigenvalue weighted by Crippen LogP contribution is 2.53. The van der Waals surface area contributed by atoms with Crippen molar-refractivity contribution in [2.75, 3.05) is 44.1 Å². The monoisotopic (exact) mass is 997 g/mol. The van der Waals surface area contributed by atoms with Gasteiger partial charge in [-0.05, 0) is 23.6 Å². The summed E-state index contributed by atoms with van der Waals surface area (Å²) >= 11 is 11.0. The number of hydrogen-bond acceptors (Lipinski definition) is 26. The first-order valence-corrected chi connectivity index (χ1v) is 24.9. The number of anilines is 3. The molecular formula is C33H41N15O14P2S2. The minimum Gasteiger partial charge on any atom is -0.468 e. The van der Waals surface area contributed by atoms with Crippen LogP contribution < -0.4 is 17.2 Å². The maximum absolute atomic E-state index is 11.6. The first-order valence-electron chi connectivity index (χ1n) is 19.7. The van der Waals surface area contributed by atoms with E-state index in [0.29, 0.717) is 17.6 Å². The molecule has 3 fully saturated rings. The summed E-state index contributed by atoms with van der Waals surface area (Å²) < 4.78 is 57.6. The standard InChI is InChI=1S/C33H41N15O14P2S2/c1-54-23-17(6-57-63(52,65)61-15-4-14(2-3-55-13-49)58-31(15)46-10-43-18-25(34)37-7-40-28(18)46)60-33(48-12-45-20-27(36)39-9-42-30(20)48)24(23)62-64(53,66)56-5-16-21(50)22(51)32(59-16)47-11-44-19-26(35)38-8-41-29(19)47/h7-17,21-24,31-33,50-51H,2-6H2,1H3,(H,52,65)(H,53,66)(H2,34,37,40)(H2,35,38,41)(H2,36,39,42). The molecule has 0 bridgehead atoms. The Bertz CT molecular complexity index is 2830. The molecule has 10 N–H and O–H groups in total.